The monoisotopic (exact) mass is 270 g/mol. The number of hydrogen-bond acceptors (Lipinski definition) is 5. The van der Waals surface area contributed by atoms with Crippen LogP contribution in [0.3, 0.4) is 0 Å². The second-order valence-electron chi connectivity index (χ2n) is 4.43. The average Bonchev–Trinajstić information content (AvgIpc) is 2.37. The number of carbonyl (C=O) groups is 1. The number of carboxylic acids is 1. The van der Waals surface area contributed by atoms with Gasteiger partial charge in [0.15, 0.2) is 0 Å². The predicted molar refractivity (Wildman–Crippen MR) is 69.2 cm³/mol. The number of nitrogens with one attached hydrogen (secondary N) is 1. The summed E-state index contributed by atoms with van der Waals surface area (Å²) in [4.78, 5) is 33.7. The van der Waals surface area contributed by atoms with Crippen molar-refractivity contribution in [2.45, 2.75) is 19.8 Å². The van der Waals surface area contributed by atoms with Gasteiger partial charge in [-0.1, -0.05) is 6.92 Å². The number of nitrogens with zero attached hydrogens (tertiary/aromatic N) is 3. The van der Waals surface area contributed by atoms with Gasteiger partial charge in [-0.05, 0) is 12.8 Å². The first kappa shape index (κ1) is 14.9. The molecule has 0 saturated carbocycles. The fraction of sp³-hybridized carbons (Fsp3) is 0.636. The summed E-state index contributed by atoms with van der Waals surface area (Å²) < 4.78 is 2.04. The highest BCUT2D eigenvalue weighted by Crippen LogP contribution is 2.05. The minimum absolute atomic E-state index is 0.0904. The largest absolute Gasteiger partial charge is 0.481 e. The van der Waals surface area contributed by atoms with Crippen LogP contribution in [0.25, 0.3) is 0 Å². The van der Waals surface area contributed by atoms with E-state index in [1.165, 1.54) is 14.1 Å². The molecule has 0 aliphatic heterocycles. The Balaban J connectivity index is 2.63. The van der Waals surface area contributed by atoms with E-state index in [-0.39, 0.29) is 5.82 Å². The average molecular weight is 270 g/mol. The van der Waals surface area contributed by atoms with E-state index >= 15 is 0 Å². The van der Waals surface area contributed by atoms with Crippen molar-refractivity contribution >= 4 is 11.8 Å². The zero-order chi connectivity index (χ0) is 14.6. The number of anilines is 1. The van der Waals surface area contributed by atoms with Gasteiger partial charge in [-0.3, -0.25) is 14.2 Å². The molecule has 2 N–H and O–H groups in total. The second-order valence-corrected chi connectivity index (χ2v) is 4.43. The van der Waals surface area contributed by atoms with E-state index in [0.29, 0.717) is 19.4 Å². The molecule has 8 heteroatoms. The van der Waals surface area contributed by atoms with Crippen molar-refractivity contribution in [1.29, 1.82) is 0 Å². The van der Waals surface area contributed by atoms with E-state index in [1.54, 1.807) is 6.92 Å². The predicted octanol–water partition coefficient (Wildman–Crippen LogP) is -0.608. The summed E-state index contributed by atoms with van der Waals surface area (Å²) in [6.45, 7) is 2.06. The number of aliphatic carboxylic acids is 1. The molecule has 1 aromatic heterocycles. The molecular weight excluding hydrogens is 252 g/mol. The highest BCUT2D eigenvalue weighted by Gasteiger charge is 2.11. The molecule has 106 valence electrons. The molecule has 1 heterocycles. The fourth-order valence-electron chi connectivity index (χ4n) is 1.55. The van der Waals surface area contributed by atoms with Crippen molar-refractivity contribution in [2.75, 3.05) is 11.9 Å². The quantitative estimate of drug-likeness (QED) is 0.668. The Kier molecular flexibility index (Phi) is 4.85. The number of carboxylic acid groups (broad SMARTS) is 1. The highest BCUT2D eigenvalue weighted by molar-refractivity contribution is 5.69. The van der Waals surface area contributed by atoms with Gasteiger partial charge in [0.05, 0.1) is 5.92 Å². The normalized spacial score (nSPS) is 12.2. The molecule has 0 aliphatic rings. The van der Waals surface area contributed by atoms with Crippen LogP contribution in [0.4, 0.5) is 5.82 Å². The standard InChI is InChI=1S/C11H18N4O4/c1-7(10(17)18)5-4-6-12-8-9(16)14(2)11(19)15(3)13-8/h7H,4-6H2,1-3H3,(H,12,13)(H,17,18). The third kappa shape index (κ3) is 3.67. The maximum Gasteiger partial charge on any atom is 0.346 e. The van der Waals surface area contributed by atoms with Gasteiger partial charge in [0.25, 0.3) is 5.56 Å². The van der Waals surface area contributed by atoms with E-state index in [0.717, 1.165) is 9.25 Å². The van der Waals surface area contributed by atoms with Crippen molar-refractivity contribution in [2.24, 2.45) is 20.0 Å². The van der Waals surface area contributed by atoms with Gasteiger partial charge in [-0.25, -0.2) is 9.48 Å². The molecule has 0 bridgehead atoms. The molecular formula is C11H18N4O4. The fourth-order valence-corrected chi connectivity index (χ4v) is 1.55. The minimum atomic E-state index is -0.837. The Morgan fingerprint density at radius 3 is 2.63 bits per heavy atom. The van der Waals surface area contributed by atoms with E-state index < -0.39 is 23.1 Å². The first-order valence-electron chi connectivity index (χ1n) is 5.95. The SMILES string of the molecule is CC(CCCNc1nn(C)c(=O)n(C)c1=O)C(=O)O. The molecule has 0 saturated heterocycles. The summed E-state index contributed by atoms with van der Waals surface area (Å²) in [5.41, 5.74) is -0.982. The minimum Gasteiger partial charge on any atom is -0.481 e. The lowest BCUT2D eigenvalue weighted by atomic mass is 10.1. The molecule has 0 fully saturated rings. The first-order chi connectivity index (χ1) is 8.84. The Labute approximate surface area is 109 Å². The van der Waals surface area contributed by atoms with Crippen molar-refractivity contribution in [3.05, 3.63) is 20.8 Å². The molecule has 1 unspecified atom stereocenters. The molecule has 0 amide bonds. The van der Waals surface area contributed by atoms with Gasteiger partial charge >= 0.3 is 11.7 Å². The van der Waals surface area contributed by atoms with E-state index in [9.17, 15) is 14.4 Å². The molecule has 0 radical (unpaired) electrons. The molecule has 19 heavy (non-hydrogen) atoms. The highest BCUT2D eigenvalue weighted by atomic mass is 16.4. The lowest BCUT2D eigenvalue weighted by Gasteiger charge is -2.09. The summed E-state index contributed by atoms with van der Waals surface area (Å²) in [5, 5.41) is 15.4. The van der Waals surface area contributed by atoms with Crippen molar-refractivity contribution in [1.82, 2.24) is 14.3 Å². The van der Waals surface area contributed by atoms with Crippen molar-refractivity contribution in [3.63, 3.8) is 0 Å². The van der Waals surface area contributed by atoms with Crippen LogP contribution in [0.15, 0.2) is 9.59 Å². The van der Waals surface area contributed by atoms with Gasteiger partial charge in [-0.2, -0.15) is 0 Å². The maximum atomic E-state index is 11.7. The van der Waals surface area contributed by atoms with Crippen LogP contribution >= 0.6 is 0 Å². The van der Waals surface area contributed by atoms with E-state index in [1.807, 2.05) is 0 Å². The lowest BCUT2D eigenvalue weighted by Crippen LogP contribution is -2.40. The van der Waals surface area contributed by atoms with Crippen LogP contribution in [0.5, 0.6) is 0 Å². The number of aryl methyl sites for hydroxylation is 1. The summed E-state index contributed by atoms with van der Waals surface area (Å²) in [5.74, 6) is -1.17. The second kappa shape index (κ2) is 6.17. The van der Waals surface area contributed by atoms with Gasteiger partial charge in [0.2, 0.25) is 5.82 Å². The number of aromatic nitrogens is 3. The molecule has 1 aromatic rings. The number of rotatable bonds is 6. The van der Waals surface area contributed by atoms with Crippen LogP contribution < -0.4 is 16.6 Å². The molecule has 0 aromatic carbocycles. The van der Waals surface area contributed by atoms with Crippen LogP contribution in [-0.2, 0) is 18.9 Å². The first-order valence-corrected chi connectivity index (χ1v) is 5.95. The van der Waals surface area contributed by atoms with Gasteiger partial charge in [0, 0.05) is 20.6 Å². The summed E-state index contributed by atoms with van der Waals surface area (Å²) in [6, 6.07) is 0. The maximum absolute atomic E-state index is 11.7. The summed E-state index contributed by atoms with van der Waals surface area (Å²) in [7, 11) is 2.84. The van der Waals surface area contributed by atoms with Crippen LogP contribution in [0, 0.1) is 5.92 Å². The Hall–Kier alpha value is -2.12. The third-order valence-electron chi connectivity index (χ3n) is 2.85. The zero-order valence-electron chi connectivity index (χ0n) is 11.2. The van der Waals surface area contributed by atoms with Gasteiger partial charge < -0.3 is 10.4 Å². The zero-order valence-corrected chi connectivity index (χ0v) is 11.2. The molecule has 1 atom stereocenters. The van der Waals surface area contributed by atoms with E-state index in [2.05, 4.69) is 10.4 Å². The topological polar surface area (TPSA) is 106 Å². The van der Waals surface area contributed by atoms with Crippen molar-refractivity contribution in [3.8, 4) is 0 Å². The van der Waals surface area contributed by atoms with Crippen LogP contribution in [0.1, 0.15) is 19.8 Å². The Morgan fingerprint density at radius 1 is 1.42 bits per heavy atom. The Morgan fingerprint density at radius 2 is 2.05 bits per heavy atom. The van der Waals surface area contributed by atoms with E-state index in [4.69, 9.17) is 5.11 Å². The Bertz CT molecular complexity index is 575. The smallest absolute Gasteiger partial charge is 0.346 e. The molecule has 1 rings (SSSR count). The molecule has 0 spiro atoms. The molecule has 0 aliphatic carbocycles. The van der Waals surface area contributed by atoms with Gasteiger partial charge in [-0.15, -0.1) is 5.10 Å². The van der Waals surface area contributed by atoms with Crippen LogP contribution in [0.2, 0.25) is 0 Å². The lowest BCUT2D eigenvalue weighted by molar-refractivity contribution is -0.141. The third-order valence-corrected chi connectivity index (χ3v) is 2.85. The number of hydrogen-bond donors (Lipinski definition) is 2. The molecule has 8 nitrogen and oxygen atoms in total. The van der Waals surface area contributed by atoms with Crippen molar-refractivity contribution < 1.29 is 9.90 Å². The summed E-state index contributed by atoms with van der Waals surface area (Å²) in [6.07, 6.45) is 1.11. The summed E-state index contributed by atoms with van der Waals surface area (Å²) >= 11 is 0. The van der Waals surface area contributed by atoms with Crippen LogP contribution in [-0.4, -0.2) is 32.0 Å². The van der Waals surface area contributed by atoms with Gasteiger partial charge in [0.1, 0.15) is 0 Å².